The minimum absolute atomic E-state index is 0.0510. The molecule has 126 valence electrons. The van der Waals surface area contributed by atoms with E-state index in [0.29, 0.717) is 12.0 Å². The lowest BCUT2D eigenvalue weighted by molar-refractivity contribution is -0.139. The van der Waals surface area contributed by atoms with E-state index in [1.54, 1.807) is 0 Å². The first-order valence-electron chi connectivity index (χ1n) is 8.43. The van der Waals surface area contributed by atoms with E-state index in [4.69, 9.17) is 5.11 Å². The molecule has 1 heterocycles. The van der Waals surface area contributed by atoms with Gasteiger partial charge in [0, 0.05) is 37.0 Å². The fraction of sp³-hybridized carbons (Fsp3) is 0.882. The van der Waals surface area contributed by atoms with Crippen LogP contribution in [0.4, 0.5) is 0 Å². The van der Waals surface area contributed by atoms with Crippen LogP contribution >= 0.6 is 0 Å². The Morgan fingerprint density at radius 1 is 1.23 bits per heavy atom. The van der Waals surface area contributed by atoms with E-state index in [1.165, 1.54) is 12.8 Å². The van der Waals surface area contributed by atoms with Crippen molar-refractivity contribution in [1.82, 2.24) is 10.2 Å². The molecule has 0 spiro atoms. The number of likely N-dealkylation sites (tertiary alicyclic amines) is 1. The van der Waals surface area contributed by atoms with E-state index >= 15 is 0 Å². The molecular formula is C17H30N2O3. The zero-order chi connectivity index (χ0) is 16.5. The summed E-state index contributed by atoms with van der Waals surface area (Å²) in [5.74, 6) is 0.122. The van der Waals surface area contributed by atoms with Crippen molar-refractivity contribution in [1.29, 1.82) is 0 Å². The van der Waals surface area contributed by atoms with E-state index in [1.807, 2.05) is 20.8 Å². The maximum atomic E-state index is 12.2. The molecule has 0 aromatic heterocycles. The largest absolute Gasteiger partial charge is 0.481 e. The van der Waals surface area contributed by atoms with Gasteiger partial charge < -0.3 is 10.4 Å². The van der Waals surface area contributed by atoms with Gasteiger partial charge in [0.2, 0.25) is 5.91 Å². The number of rotatable bonds is 4. The predicted molar refractivity (Wildman–Crippen MR) is 85.5 cm³/mol. The number of carbonyl (C=O) groups excluding carboxylic acids is 1. The molecule has 2 fully saturated rings. The van der Waals surface area contributed by atoms with Crippen LogP contribution in [0.2, 0.25) is 0 Å². The molecule has 2 rings (SSSR count). The minimum atomic E-state index is -0.741. The van der Waals surface area contributed by atoms with E-state index in [0.717, 1.165) is 19.5 Å². The third-order valence-electron chi connectivity index (χ3n) is 5.09. The molecule has 1 amide bonds. The first-order chi connectivity index (χ1) is 10.2. The molecule has 22 heavy (non-hydrogen) atoms. The smallest absolute Gasteiger partial charge is 0.303 e. The van der Waals surface area contributed by atoms with Crippen LogP contribution in [0.5, 0.6) is 0 Å². The molecule has 0 aromatic carbocycles. The number of amides is 1. The van der Waals surface area contributed by atoms with Crippen LogP contribution in [0.3, 0.4) is 0 Å². The third kappa shape index (κ3) is 4.22. The standard InChI is InChI=1S/C17H30N2O3/c1-11-5-6-14(11)19-9-12(8-15(20)21)7-13(10-19)18-16(22)17(2,3)4/h11-14H,5-10H2,1-4H3,(H,18,22)(H,20,21). The van der Waals surface area contributed by atoms with Crippen molar-refractivity contribution in [3.63, 3.8) is 0 Å². The second-order valence-electron chi connectivity index (χ2n) is 8.20. The quantitative estimate of drug-likeness (QED) is 0.834. The first kappa shape index (κ1) is 17.3. The summed E-state index contributed by atoms with van der Waals surface area (Å²) in [5.41, 5.74) is -0.408. The normalized spacial score (nSPS) is 33.1. The molecule has 1 saturated heterocycles. The lowest BCUT2D eigenvalue weighted by Gasteiger charge is -2.48. The second kappa shape index (κ2) is 6.57. The molecule has 4 unspecified atom stereocenters. The summed E-state index contributed by atoms with van der Waals surface area (Å²) in [6.45, 7) is 9.69. The third-order valence-corrected chi connectivity index (χ3v) is 5.09. The molecule has 1 aliphatic heterocycles. The summed E-state index contributed by atoms with van der Waals surface area (Å²) in [4.78, 5) is 25.7. The second-order valence-corrected chi connectivity index (χ2v) is 8.20. The van der Waals surface area contributed by atoms with Crippen LogP contribution in [0.1, 0.15) is 53.4 Å². The maximum Gasteiger partial charge on any atom is 0.303 e. The molecule has 5 nitrogen and oxygen atoms in total. The minimum Gasteiger partial charge on any atom is -0.481 e. The molecule has 2 N–H and O–H groups in total. The summed E-state index contributed by atoms with van der Waals surface area (Å²) in [6, 6.07) is 0.628. The highest BCUT2D eigenvalue weighted by molar-refractivity contribution is 5.81. The van der Waals surface area contributed by atoms with Crippen LogP contribution in [0.15, 0.2) is 0 Å². The van der Waals surface area contributed by atoms with Gasteiger partial charge in [-0.2, -0.15) is 0 Å². The molecule has 1 saturated carbocycles. The number of aliphatic carboxylic acids is 1. The van der Waals surface area contributed by atoms with E-state index in [-0.39, 0.29) is 24.3 Å². The van der Waals surface area contributed by atoms with Crippen molar-refractivity contribution in [2.75, 3.05) is 13.1 Å². The Hall–Kier alpha value is -1.10. The summed E-state index contributed by atoms with van der Waals surface area (Å²) in [7, 11) is 0. The molecule has 0 radical (unpaired) electrons. The van der Waals surface area contributed by atoms with Crippen molar-refractivity contribution >= 4 is 11.9 Å². The highest BCUT2D eigenvalue weighted by Gasteiger charge is 2.39. The Kier molecular flexibility index (Phi) is 5.15. The van der Waals surface area contributed by atoms with Crippen molar-refractivity contribution in [3.8, 4) is 0 Å². The Morgan fingerprint density at radius 2 is 1.91 bits per heavy atom. The fourth-order valence-electron chi connectivity index (χ4n) is 3.60. The monoisotopic (exact) mass is 310 g/mol. The molecule has 0 aromatic rings. The lowest BCUT2D eigenvalue weighted by atomic mass is 9.78. The number of hydrogen-bond donors (Lipinski definition) is 2. The van der Waals surface area contributed by atoms with Crippen LogP contribution in [-0.2, 0) is 9.59 Å². The number of carbonyl (C=O) groups is 2. The van der Waals surface area contributed by atoms with Crippen LogP contribution < -0.4 is 5.32 Å². The van der Waals surface area contributed by atoms with E-state index in [2.05, 4.69) is 17.1 Å². The lowest BCUT2D eigenvalue weighted by Crippen LogP contribution is -2.58. The molecule has 0 bridgehead atoms. The summed E-state index contributed by atoms with van der Waals surface area (Å²) >= 11 is 0. The van der Waals surface area contributed by atoms with Gasteiger partial charge in [0.1, 0.15) is 0 Å². The molecular weight excluding hydrogens is 280 g/mol. The zero-order valence-electron chi connectivity index (χ0n) is 14.3. The van der Waals surface area contributed by atoms with E-state index < -0.39 is 11.4 Å². The van der Waals surface area contributed by atoms with Crippen molar-refractivity contribution < 1.29 is 14.7 Å². The average molecular weight is 310 g/mol. The number of hydrogen-bond acceptors (Lipinski definition) is 3. The Bertz CT molecular complexity index is 430. The highest BCUT2D eigenvalue weighted by Crippen LogP contribution is 2.35. The topological polar surface area (TPSA) is 69.6 Å². The van der Waals surface area contributed by atoms with Gasteiger partial charge in [-0.25, -0.2) is 0 Å². The van der Waals surface area contributed by atoms with Crippen molar-refractivity contribution in [3.05, 3.63) is 0 Å². The highest BCUT2D eigenvalue weighted by atomic mass is 16.4. The number of nitrogens with zero attached hydrogens (tertiary/aromatic N) is 1. The van der Waals surface area contributed by atoms with Crippen LogP contribution in [-0.4, -0.2) is 47.1 Å². The summed E-state index contributed by atoms with van der Waals surface area (Å²) in [6.07, 6.45) is 3.41. The Morgan fingerprint density at radius 3 is 2.36 bits per heavy atom. The maximum absolute atomic E-state index is 12.2. The summed E-state index contributed by atoms with van der Waals surface area (Å²) < 4.78 is 0. The number of nitrogens with one attached hydrogen (secondary N) is 1. The van der Waals surface area contributed by atoms with Crippen LogP contribution in [0.25, 0.3) is 0 Å². The van der Waals surface area contributed by atoms with Crippen molar-refractivity contribution in [2.45, 2.75) is 65.5 Å². The molecule has 2 aliphatic rings. The molecule has 4 atom stereocenters. The van der Waals surface area contributed by atoms with Crippen LogP contribution in [0, 0.1) is 17.3 Å². The Labute approximate surface area is 133 Å². The van der Waals surface area contributed by atoms with Gasteiger partial charge in [0.15, 0.2) is 0 Å². The van der Waals surface area contributed by atoms with E-state index in [9.17, 15) is 9.59 Å². The predicted octanol–water partition coefficient (Wildman–Crippen LogP) is 2.11. The number of piperidine rings is 1. The van der Waals surface area contributed by atoms with Gasteiger partial charge in [-0.05, 0) is 31.1 Å². The summed E-state index contributed by atoms with van der Waals surface area (Å²) in [5, 5.41) is 12.2. The van der Waals surface area contributed by atoms with Gasteiger partial charge >= 0.3 is 5.97 Å². The average Bonchev–Trinajstić information content (AvgIpc) is 2.34. The number of carboxylic acids is 1. The van der Waals surface area contributed by atoms with Crippen molar-refractivity contribution in [2.24, 2.45) is 17.3 Å². The number of carboxylic acid groups (broad SMARTS) is 1. The van der Waals surface area contributed by atoms with Gasteiger partial charge in [-0.1, -0.05) is 27.7 Å². The SMILES string of the molecule is CC1CCC1N1CC(CC(=O)O)CC(NC(=O)C(C)(C)C)C1. The fourth-order valence-corrected chi connectivity index (χ4v) is 3.60. The van der Waals surface area contributed by atoms with Gasteiger partial charge in [0.25, 0.3) is 0 Å². The Balaban J connectivity index is 2.01. The van der Waals surface area contributed by atoms with Gasteiger partial charge in [0.05, 0.1) is 0 Å². The van der Waals surface area contributed by atoms with Gasteiger partial charge in [-0.15, -0.1) is 0 Å². The zero-order valence-corrected chi connectivity index (χ0v) is 14.3. The molecule has 5 heteroatoms. The van der Waals surface area contributed by atoms with Gasteiger partial charge in [-0.3, -0.25) is 14.5 Å². The molecule has 1 aliphatic carbocycles. The first-order valence-corrected chi connectivity index (χ1v) is 8.43.